The molecule has 8 heteroatoms. The topological polar surface area (TPSA) is 93.8 Å². The smallest absolute Gasteiger partial charge is 0.258 e. The zero-order chi connectivity index (χ0) is 19.8. The number of hydrogen-bond acceptors (Lipinski definition) is 5. The second-order valence-corrected chi connectivity index (χ2v) is 7.23. The van der Waals surface area contributed by atoms with Crippen LogP contribution in [0.25, 0.3) is 11.1 Å². The number of carbonyl (C=O) groups excluding carboxylic acids is 2. The highest BCUT2D eigenvalue weighted by Gasteiger charge is 2.24. The molecule has 144 valence electrons. The molecule has 0 aliphatic carbocycles. The first-order valence-corrected chi connectivity index (χ1v) is 9.15. The minimum Gasteiger partial charge on any atom is -0.381 e. The third kappa shape index (κ3) is 3.40. The SMILES string of the molecule is C[C@@H]1CC(=O)Cc2cccc(C(=O)Nc3nn(C)cc3-c3cnn(C)c3)c2N1. The molecule has 28 heavy (non-hydrogen) atoms. The van der Waals surface area contributed by atoms with Gasteiger partial charge < -0.3 is 10.6 Å². The molecule has 0 saturated carbocycles. The van der Waals surface area contributed by atoms with Crippen LogP contribution in [0.15, 0.2) is 36.8 Å². The summed E-state index contributed by atoms with van der Waals surface area (Å²) >= 11 is 0. The van der Waals surface area contributed by atoms with Gasteiger partial charge >= 0.3 is 0 Å². The van der Waals surface area contributed by atoms with E-state index in [4.69, 9.17) is 0 Å². The van der Waals surface area contributed by atoms with Crippen molar-refractivity contribution in [2.45, 2.75) is 25.8 Å². The van der Waals surface area contributed by atoms with E-state index in [0.29, 0.717) is 24.2 Å². The Morgan fingerprint density at radius 1 is 1.25 bits per heavy atom. The lowest BCUT2D eigenvalue weighted by atomic mass is 10.0. The molecule has 2 aromatic heterocycles. The number of aryl methyl sites for hydroxylation is 2. The fourth-order valence-electron chi connectivity index (χ4n) is 3.56. The van der Waals surface area contributed by atoms with E-state index in [9.17, 15) is 9.59 Å². The van der Waals surface area contributed by atoms with Crippen LogP contribution in [0.2, 0.25) is 0 Å². The van der Waals surface area contributed by atoms with E-state index in [1.54, 1.807) is 34.7 Å². The minimum absolute atomic E-state index is 0.0245. The number of nitrogens with zero attached hydrogens (tertiary/aromatic N) is 4. The molecule has 0 spiro atoms. The van der Waals surface area contributed by atoms with Crippen LogP contribution in [0, 0.1) is 0 Å². The van der Waals surface area contributed by atoms with Crippen molar-refractivity contribution in [3.63, 3.8) is 0 Å². The van der Waals surface area contributed by atoms with Crippen molar-refractivity contribution in [1.82, 2.24) is 19.6 Å². The Bertz CT molecular complexity index is 1060. The van der Waals surface area contributed by atoms with E-state index in [-0.39, 0.29) is 17.7 Å². The summed E-state index contributed by atoms with van der Waals surface area (Å²) in [6, 6.07) is 5.43. The third-order valence-corrected chi connectivity index (χ3v) is 4.78. The maximum absolute atomic E-state index is 13.1. The van der Waals surface area contributed by atoms with Gasteiger partial charge in [-0.1, -0.05) is 12.1 Å². The molecular formula is C20H22N6O2. The van der Waals surface area contributed by atoms with Gasteiger partial charge in [-0.3, -0.25) is 19.0 Å². The van der Waals surface area contributed by atoms with Crippen LogP contribution >= 0.6 is 0 Å². The van der Waals surface area contributed by atoms with Crippen LogP contribution in [0.1, 0.15) is 29.3 Å². The zero-order valence-corrected chi connectivity index (χ0v) is 16.1. The lowest BCUT2D eigenvalue weighted by Crippen LogP contribution is -2.20. The molecule has 3 aromatic rings. The standard InChI is InChI=1S/C20H22N6O2/c1-12-7-15(27)8-13-5-4-6-16(18(13)22-12)20(28)23-19-17(11-26(3)24-19)14-9-21-25(2)10-14/h4-6,9-12,22H,7-8H2,1-3H3,(H,23,24,28)/t12-/m1/s1. The number of Topliss-reactive ketones (excluding diaryl/α,β-unsaturated/α-hetero) is 1. The summed E-state index contributed by atoms with van der Waals surface area (Å²) in [5.74, 6) is 0.366. The number of fused-ring (bicyclic) bond motifs is 1. The highest BCUT2D eigenvalue weighted by atomic mass is 16.1. The minimum atomic E-state index is -0.269. The number of hydrogen-bond donors (Lipinski definition) is 2. The van der Waals surface area contributed by atoms with Gasteiger partial charge in [0, 0.05) is 56.5 Å². The average molecular weight is 378 g/mol. The summed E-state index contributed by atoms with van der Waals surface area (Å²) in [5, 5.41) is 14.8. The third-order valence-electron chi connectivity index (χ3n) is 4.78. The molecule has 1 aliphatic rings. The van der Waals surface area contributed by atoms with Crippen LogP contribution in [0.5, 0.6) is 0 Å². The van der Waals surface area contributed by atoms with Gasteiger partial charge in [0.15, 0.2) is 5.82 Å². The Labute approximate surface area is 162 Å². The van der Waals surface area contributed by atoms with Crippen molar-refractivity contribution in [3.05, 3.63) is 47.9 Å². The second kappa shape index (κ2) is 6.95. The molecule has 8 nitrogen and oxygen atoms in total. The molecule has 4 rings (SSSR count). The molecule has 0 radical (unpaired) electrons. The molecule has 1 amide bonds. The predicted octanol–water partition coefficient (Wildman–Crippen LogP) is 2.39. The number of aromatic nitrogens is 4. The van der Waals surface area contributed by atoms with Gasteiger partial charge in [-0.25, -0.2) is 0 Å². The Kier molecular flexibility index (Phi) is 4.46. The fourth-order valence-corrected chi connectivity index (χ4v) is 3.56. The van der Waals surface area contributed by atoms with Gasteiger partial charge in [0.05, 0.1) is 17.4 Å². The summed E-state index contributed by atoms with van der Waals surface area (Å²) < 4.78 is 3.36. The van der Waals surface area contributed by atoms with Crippen molar-refractivity contribution in [3.8, 4) is 11.1 Å². The molecular weight excluding hydrogens is 356 g/mol. The molecule has 1 atom stereocenters. The van der Waals surface area contributed by atoms with Crippen LogP contribution in [-0.2, 0) is 25.3 Å². The Morgan fingerprint density at radius 2 is 2.07 bits per heavy atom. The maximum Gasteiger partial charge on any atom is 0.258 e. The first-order chi connectivity index (χ1) is 13.4. The van der Waals surface area contributed by atoms with E-state index in [1.807, 2.05) is 32.4 Å². The lowest BCUT2D eigenvalue weighted by Gasteiger charge is -2.16. The summed E-state index contributed by atoms with van der Waals surface area (Å²) in [6.07, 6.45) is 6.22. The number of carbonyl (C=O) groups is 2. The number of para-hydroxylation sites is 1. The van der Waals surface area contributed by atoms with Gasteiger partial charge in [-0.05, 0) is 18.6 Å². The van der Waals surface area contributed by atoms with Crippen LogP contribution in [-0.4, -0.2) is 37.3 Å². The van der Waals surface area contributed by atoms with Crippen LogP contribution in [0.3, 0.4) is 0 Å². The van der Waals surface area contributed by atoms with E-state index in [0.717, 1.165) is 22.4 Å². The average Bonchev–Trinajstić information content (AvgIpc) is 3.17. The van der Waals surface area contributed by atoms with Crippen molar-refractivity contribution in [2.75, 3.05) is 10.6 Å². The van der Waals surface area contributed by atoms with Crippen molar-refractivity contribution in [2.24, 2.45) is 14.1 Å². The summed E-state index contributed by atoms with van der Waals surface area (Å²) in [7, 11) is 3.64. The highest BCUT2D eigenvalue weighted by molar-refractivity contribution is 6.10. The van der Waals surface area contributed by atoms with E-state index in [1.165, 1.54) is 0 Å². The number of amides is 1. The van der Waals surface area contributed by atoms with Crippen molar-refractivity contribution < 1.29 is 9.59 Å². The maximum atomic E-state index is 13.1. The number of ketones is 1. The first kappa shape index (κ1) is 18.0. The van der Waals surface area contributed by atoms with Crippen LogP contribution in [0.4, 0.5) is 11.5 Å². The highest BCUT2D eigenvalue weighted by Crippen LogP contribution is 2.30. The number of benzene rings is 1. The Hall–Kier alpha value is -3.42. The van der Waals surface area contributed by atoms with Crippen LogP contribution < -0.4 is 10.6 Å². The number of rotatable bonds is 3. The lowest BCUT2D eigenvalue weighted by molar-refractivity contribution is -0.118. The van der Waals surface area contributed by atoms with Gasteiger partial charge in [0.2, 0.25) is 0 Å². The number of anilines is 2. The quantitative estimate of drug-likeness (QED) is 0.730. The van der Waals surface area contributed by atoms with Gasteiger partial charge in [-0.2, -0.15) is 10.2 Å². The molecule has 0 fully saturated rings. The molecule has 3 heterocycles. The van der Waals surface area contributed by atoms with Crippen molar-refractivity contribution >= 4 is 23.2 Å². The molecule has 2 N–H and O–H groups in total. The molecule has 0 bridgehead atoms. The number of nitrogens with one attached hydrogen (secondary N) is 2. The van der Waals surface area contributed by atoms with E-state index >= 15 is 0 Å². The predicted molar refractivity (Wildman–Crippen MR) is 106 cm³/mol. The largest absolute Gasteiger partial charge is 0.381 e. The Balaban J connectivity index is 1.68. The van der Waals surface area contributed by atoms with Gasteiger partial charge in [-0.15, -0.1) is 0 Å². The summed E-state index contributed by atoms with van der Waals surface area (Å²) in [6.45, 7) is 1.95. The monoisotopic (exact) mass is 378 g/mol. The second-order valence-electron chi connectivity index (χ2n) is 7.23. The van der Waals surface area contributed by atoms with Gasteiger partial charge in [0.1, 0.15) is 5.78 Å². The Morgan fingerprint density at radius 3 is 2.82 bits per heavy atom. The van der Waals surface area contributed by atoms with E-state index in [2.05, 4.69) is 20.8 Å². The summed E-state index contributed by atoms with van der Waals surface area (Å²) in [5.41, 5.74) is 3.73. The first-order valence-electron chi connectivity index (χ1n) is 9.15. The molecule has 0 unspecified atom stereocenters. The van der Waals surface area contributed by atoms with E-state index < -0.39 is 0 Å². The molecule has 1 aliphatic heterocycles. The van der Waals surface area contributed by atoms with Crippen molar-refractivity contribution in [1.29, 1.82) is 0 Å². The molecule has 0 saturated heterocycles. The molecule has 1 aromatic carbocycles. The summed E-state index contributed by atoms with van der Waals surface area (Å²) in [4.78, 5) is 25.2. The zero-order valence-electron chi connectivity index (χ0n) is 16.1. The van der Waals surface area contributed by atoms with Gasteiger partial charge in [0.25, 0.3) is 5.91 Å². The fraction of sp³-hybridized carbons (Fsp3) is 0.300. The normalized spacial score (nSPS) is 16.2.